The van der Waals surface area contributed by atoms with E-state index in [-0.39, 0.29) is 5.92 Å². The molecule has 0 amide bonds. The monoisotopic (exact) mass is 487 g/mol. The van der Waals surface area contributed by atoms with Crippen LogP contribution in [0.15, 0.2) is 106 Å². The van der Waals surface area contributed by atoms with Crippen LogP contribution in [0, 0.1) is 30.6 Å². The summed E-state index contributed by atoms with van der Waals surface area (Å²) in [6.07, 6.45) is 23.5. The molecule has 4 unspecified atom stereocenters. The lowest BCUT2D eigenvalue weighted by Gasteiger charge is -2.29. The zero-order valence-corrected chi connectivity index (χ0v) is 23.9. The first kappa shape index (κ1) is 25.0. The second-order valence-electron chi connectivity index (χ2n) is 11.7. The van der Waals surface area contributed by atoms with Crippen LogP contribution in [0.4, 0.5) is 0 Å². The molecule has 0 aromatic heterocycles. The van der Waals surface area contributed by atoms with Crippen molar-refractivity contribution in [3.8, 4) is 0 Å². The zero-order valence-electron chi connectivity index (χ0n) is 22.9. The Bertz CT molecular complexity index is 1330. The van der Waals surface area contributed by atoms with Gasteiger partial charge >= 0.3 is 0 Å². The van der Waals surface area contributed by atoms with E-state index < -0.39 is 0 Å². The normalized spacial score (nSPS) is 27.1. The van der Waals surface area contributed by atoms with Crippen molar-refractivity contribution in [3.05, 3.63) is 123 Å². The van der Waals surface area contributed by atoms with Crippen LogP contribution in [0.1, 0.15) is 70.1 Å². The molecule has 0 bridgehead atoms. The van der Waals surface area contributed by atoms with Crippen molar-refractivity contribution in [2.24, 2.45) is 23.7 Å². The average molecular weight is 488 g/mol. The summed E-state index contributed by atoms with van der Waals surface area (Å²) >= 11 is 0. The molecule has 4 aliphatic rings. The molecular formula is C35H39Si. The lowest BCUT2D eigenvalue weighted by atomic mass is 9.75. The van der Waals surface area contributed by atoms with Gasteiger partial charge in [-0.15, -0.1) is 0 Å². The predicted octanol–water partition coefficient (Wildman–Crippen LogP) is 8.27. The van der Waals surface area contributed by atoms with E-state index in [0.717, 1.165) is 0 Å². The number of allylic oxidation sites excluding steroid dienone is 16. The Labute approximate surface area is 222 Å². The zero-order chi connectivity index (χ0) is 25.7. The van der Waals surface area contributed by atoms with Crippen LogP contribution in [-0.2, 0) is 0 Å². The minimum Gasteiger partial charge on any atom is -0.0767 e. The Morgan fingerprint density at radius 3 is 1.67 bits per heavy atom. The minimum atomic E-state index is 0.287. The second kappa shape index (κ2) is 9.67. The molecule has 1 heteroatoms. The first-order valence-electron chi connectivity index (χ1n) is 13.6. The lowest BCUT2D eigenvalue weighted by Crippen LogP contribution is -2.19. The Hall–Kier alpha value is -2.64. The van der Waals surface area contributed by atoms with Gasteiger partial charge in [-0.25, -0.2) is 0 Å². The van der Waals surface area contributed by atoms with Gasteiger partial charge in [0.05, 0.1) is 10.2 Å². The van der Waals surface area contributed by atoms with Crippen LogP contribution in [-0.4, -0.2) is 10.2 Å². The van der Waals surface area contributed by atoms with Gasteiger partial charge < -0.3 is 0 Å². The molecule has 36 heavy (non-hydrogen) atoms. The van der Waals surface area contributed by atoms with E-state index in [0.29, 0.717) is 29.6 Å². The summed E-state index contributed by atoms with van der Waals surface area (Å²) in [5.74, 6) is 2.64. The molecule has 3 radical (unpaired) electrons. The highest BCUT2D eigenvalue weighted by Crippen LogP contribution is 2.52. The van der Waals surface area contributed by atoms with Crippen molar-refractivity contribution < 1.29 is 0 Å². The number of hydrogen-bond donors (Lipinski definition) is 0. The van der Waals surface area contributed by atoms with Crippen LogP contribution < -0.4 is 5.19 Å². The van der Waals surface area contributed by atoms with Gasteiger partial charge in [0.2, 0.25) is 0 Å². The lowest BCUT2D eigenvalue weighted by molar-refractivity contribution is 0.533. The third kappa shape index (κ3) is 4.06. The molecule has 0 saturated heterocycles. The Morgan fingerprint density at radius 1 is 0.639 bits per heavy atom. The smallest absolute Gasteiger partial charge is 0.0715 e. The molecule has 0 N–H and O–H groups in total. The summed E-state index contributed by atoms with van der Waals surface area (Å²) < 4.78 is 0. The Morgan fingerprint density at radius 2 is 1.14 bits per heavy atom. The quantitative estimate of drug-likeness (QED) is 0.375. The summed E-state index contributed by atoms with van der Waals surface area (Å²) in [4.78, 5) is 0. The molecule has 0 nitrogen and oxygen atoms in total. The molecule has 1 aromatic carbocycles. The minimum absolute atomic E-state index is 0.287. The van der Waals surface area contributed by atoms with Gasteiger partial charge in [0.15, 0.2) is 0 Å². The van der Waals surface area contributed by atoms with Crippen LogP contribution in [0.5, 0.6) is 0 Å². The van der Waals surface area contributed by atoms with Crippen molar-refractivity contribution in [2.75, 3.05) is 0 Å². The van der Waals surface area contributed by atoms with Crippen molar-refractivity contribution in [1.29, 1.82) is 0 Å². The third-order valence-corrected chi connectivity index (χ3v) is 9.22. The van der Waals surface area contributed by atoms with Crippen molar-refractivity contribution in [2.45, 2.75) is 60.3 Å². The van der Waals surface area contributed by atoms with Gasteiger partial charge in [0, 0.05) is 23.7 Å². The molecule has 183 valence electrons. The van der Waals surface area contributed by atoms with E-state index in [1.807, 2.05) is 0 Å². The van der Waals surface area contributed by atoms with E-state index >= 15 is 0 Å². The highest BCUT2D eigenvalue weighted by Gasteiger charge is 2.37. The van der Waals surface area contributed by atoms with Crippen molar-refractivity contribution in [3.63, 3.8) is 0 Å². The Kier molecular flexibility index (Phi) is 6.72. The molecule has 0 fully saturated rings. The Balaban J connectivity index is 1.71. The maximum absolute atomic E-state index is 3.96. The van der Waals surface area contributed by atoms with E-state index in [9.17, 15) is 0 Å². The second-order valence-corrected chi connectivity index (χ2v) is 12.3. The highest BCUT2D eigenvalue weighted by atomic mass is 28.1. The molecule has 0 saturated carbocycles. The molecular weight excluding hydrogens is 448 g/mol. The fourth-order valence-corrected chi connectivity index (χ4v) is 7.06. The average Bonchev–Trinajstić information content (AvgIpc) is 3.10. The number of benzene rings is 1. The van der Waals surface area contributed by atoms with Gasteiger partial charge in [-0.1, -0.05) is 117 Å². The summed E-state index contributed by atoms with van der Waals surface area (Å²) in [6, 6.07) is 4.66. The summed E-state index contributed by atoms with van der Waals surface area (Å²) in [6.45, 7) is 16.3. The summed E-state index contributed by atoms with van der Waals surface area (Å²) in [5, 5.41) is 1.19. The summed E-state index contributed by atoms with van der Waals surface area (Å²) in [7, 11) is 3.96. The molecule has 0 heterocycles. The van der Waals surface area contributed by atoms with Crippen LogP contribution in [0.3, 0.4) is 0 Å². The number of hydrogen-bond acceptors (Lipinski definition) is 0. The standard InChI is InChI=1S/C35H39Si/c1-20(2)25-12-8-10-14-27-30(25)18-22(5)33(27)29-16-17-32(36)24(7)35(29)34-23(6)19-31-26(21(3)4)13-9-11-15-28(31)34/h8-21,25-26,33-34H,1-7H3. The van der Waals surface area contributed by atoms with Crippen molar-refractivity contribution >= 4 is 15.4 Å². The van der Waals surface area contributed by atoms with Crippen LogP contribution >= 0.6 is 0 Å². The van der Waals surface area contributed by atoms with E-state index in [2.05, 4.69) is 132 Å². The largest absolute Gasteiger partial charge is 0.0767 e. The van der Waals surface area contributed by atoms with Gasteiger partial charge in [-0.3, -0.25) is 0 Å². The molecule has 4 atom stereocenters. The molecule has 0 spiro atoms. The van der Waals surface area contributed by atoms with Gasteiger partial charge in [0.1, 0.15) is 0 Å². The molecule has 0 aliphatic heterocycles. The molecule has 5 rings (SSSR count). The van der Waals surface area contributed by atoms with Gasteiger partial charge in [0.25, 0.3) is 0 Å². The van der Waals surface area contributed by atoms with E-state index in [4.69, 9.17) is 0 Å². The van der Waals surface area contributed by atoms with Crippen LogP contribution in [0.25, 0.3) is 0 Å². The number of rotatable bonds is 4. The first-order chi connectivity index (χ1) is 17.2. The third-order valence-electron chi connectivity index (χ3n) is 8.68. The van der Waals surface area contributed by atoms with Crippen molar-refractivity contribution in [1.82, 2.24) is 0 Å². The highest BCUT2D eigenvalue weighted by molar-refractivity contribution is 6.33. The fraction of sp³-hybridized carbons (Fsp3) is 0.371. The predicted molar refractivity (Wildman–Crippen MR) is 157 cm³/mol. The van der Waals surface area contributed by atoms with Gasteiger partial charge in [-0.05, 0) is 71.6 Å². The maximum atomic E-state index is 3.96. The molecule has 4 aliphatic carbocycles. The topological polar surface area (TPSA) is 0 Å². The SMILES string of the molecule is CC1=CC2=C(C=CC=CC2C(C)C)C1c1ccc([Si])c(C)c1C1C(C)=CC2=C1C=CC=CC2C(C)C. The fourth-order valence-electron chi connectivity index (χ4n) is 6.85. The molecule has 1 aromatic rings. The van der Waals surface area contributed by atoms with E-state index in [1.54, 1.807) is 0 Å². The van der Waals surface area contributed by atoms with Gasteiger partial charge in [-0.2, -0.15) is 0 Å². The van der Waals surface area contributed by atoms with E-state index in [1.165, 1.54) is 55.3 Å². The first-order valence-corrected chi connectivity index (χ1v) is 14.1. The van der Waals surface area contributed by atoms with Crippen LogP contribution in [0.2, 0.25) is 0 Å². The maximum Gasteiger partial charge on any atom is 0.0715 e. The summed E-state index contributed by atoms with van der Waals surface area (Å²) in [5.41, 5.74) is 13.2.